The molecule has 1 aromatic carbocycles. The largest absolute Gasteiger partial charge is 0.463 e. The summed E-state index contributed by atoms with van der Waals surface area (Å²) in [7, 11) is 0. The van der Waals surface area contributed by atoms with Gasteiger partial charge in [-0.05, 0) is 59.0 Å². The third-order valence-electron chi connectivity index (χ3n) is 3.45. The summed E-state index contributed by atoms with van der Waals surface area (Å²) in [5.41, 5.74) is 0.638. The molecular weight excluding hydrogens is 383 g/mol. The number of carbonyl (C=O) groups is 2. The second-order valence-electron chi connectivity index (χ2n) is 4.87. The number of anilines is 1. The number of benzene rings is 1. The van der Waals surface area contributed by atoms with E-state index < -0.39 is 0 Å². The highest BCUT2D eigenvalue weighted by molar-refractivity contribution is 14.1. The van der Waals surface area contributed by atoms with Crippen molar-refractivity contribution in [3.05, 3.63) is 52.0 Å². The molecule has 1 fully saturated rings. The Labute approximate surface area is 135 Å². The predicted octanol–water partition coefficient (Wildman–Crippen LogP) is 1.28. The molecular formula is C15H14IN2O3+. The Morgan fingerprint density at radius 3 is 2.67 bits per heavy atom. The fraction of sp³-hybridized carbons (Fsp3) is 0.200. The number of hydrogen-bond acceptors (Lipinski definition) is 3. The van der Waals surface area contributed by atoms with Crippen LogP contribution >= 0.6 is 22.6 Å². The summed E-state index contributed by atoms with van der Waals surface area (Å²) in [6, 6.07) is 10.7. The number of amides is 2. The van der Waals surface area contributed by atoms with Crippen LogP contribution in [0.15, 0.2) is 47.1 Å². The molecule has 0 bridgehead atoms. The molecule has 3 rings (SSSR count). The van der Waals surface area contributed by atoms with Crippen LogP contribution in [-0.4, -0.2) is 17.9 Å². The fourth-order valence-corrected chi connectivity index (χ4v) is 2.75. The van der Waals surface area contributed by atoms with Crippen LogP contribution < -0.4 is 10.2 Å². The van der Waals surface area contributed by atoms with Crippen LogP contribution in [0.2, 0.25) is 0 Å². The van der Waals surface area contributed by atoms with E-state index in [0.29, 0.717) is 12.2 Å². The standard InChI is InChI=1S/C15H13IN2O3/c16-10-3-5-11(6-4-10)18-14(19)8-13(15(18)20)17-9-12-2-1-7-21-12/h1-7,13,17H,8-9H2/p+1. The molecule has 1 saturated heterocycles. The minimum absolute atomic E-state index is 0.151. The Balaban J connectivity index is 1.71. The molecule has 1 unspecified atom stereocenters. The van der Waals surface area contributed by atoms with E-state index >= 15 is 0 Å². The molecule has 1 aliphatic rings. The molecule has 21 heavy (non-hydrogen) atoms. The van der Waals surface area contributed by atoms with Crippen LogP contribution in [0, 0.1) is 3.57 Å². The smallest absolute Gasteiger partial charge is 0.292 e. The van der Waals surface area contributed by atoms with Crippen molar-refractivity contribution in [2.24, 2.45) is 0 Å². The topological polar surface area (TPSA) is 67.1 Å². The van der Waals surface area contributed by atoms with E-state index in [9.17, 15) is 9.59 Å². The Morgan fingerprint density at radius 2 is 2.00 bits per heavy atom. The van der Waals surface area contributed by atoms with Crippen molar-refractivity contribution >= 4 is 40.1 Å². The first-order chi connectivity index (χ1) is 10.1. The Kier molecular flexibility index (Phi) is 4.07. The molecule has 0 aliphatic carbocycles. The van der Waals surface area contributed by atoms with Gasteiger partial charge >= 0.3 is 0 Å². The molecule has 2 heterocycles. The van der Waals surface area contributed by atoms with Crippen molar-refractivity contribution in [2.45, 2.75) is 19.0 Å². The number of halogens is 1. The first kappa shape index (κ1) is 14.3. The number of nitrogens with zero attached hydrogens (tertiary/aromatic N) is 1. The number of nitrogens with two attached hydrogens (primary N) is 1. The average Bonchev–Trinajstić information content (AvgIpc) is 3.07. The maximum Gasteiger partial charge on any atom is 0.292 e. The van der Waals surface area contributed by atoms with Gasteiger partial charge in [0.05, 0.1) is 18.4 Å². The van der Waals surface area contributed by atoms with Crippen molar-refractivity contribution in [2.75, 3.05) is 4.90 Å². The van der Waals surface area contributed by atoms with Crippen LogP contribution in [0.25, 0.3) is 0 Å². The predicted molar refractivity (Wildman–Crippen MR) is 84.4 cm³/mol. The summed E-state index contributed by atoms with van der Waals surface area (Å²) in [6.07, 6.45) is 1.83. The van der Waals surface area contributed by atoms with E-state index in [0.717, 1.165) is 9.33 Å². The fourth-order valence-electron chi connectivity index (χ4n) is 2.39. The second kappa shape index (κ2) is 5.98. The zero-order valence-corrected chi connectivity index (χ0v) is 13.3. The van der Waals surface area contributed by atoms with Gasteiger partial charge in [0.2, 0.25) is 5.91 Å². The van der Waals surface area contributed by atoms with Crippen LogP contribution in [0.4, 0.5) is 5.69 Å². The zero-order chi connectivity index (χ0) is 14.8. The lowest BCUT2D eigenvalue weighted by molar-refractivity contribution is -0.691. The minimum atomic E-state index is -0.373. The summed E-state index contributed by atoms with van der Waals surface area (Å²) in [5, 5.41) is 1.85. The highest BCUT2D eigenvalue weighted by Gasteiger charge is 2.42. The second-order valence-corrected chi connectivity index (χ2v) is 6.12. The van der Waals surface area contributed by atoms with Crippen LogP contribution in [0.5, 0.6) is 0 Å². The lowest BCUT2D eigenvalue weighted by Gasteiger charge is -2.14. The van der Waals surface area contributed by atoms with Crippen molar-refractivity contribution in [3.63, 3.8) is 0 Å². The van der Waals surface area contributed by atoms with Gasteiger partial charge in [-0.15, -0.1) is 0 Å². The maximum absolute atomic E-state index is 12.4. The highest BCUT2D eigenvalue weighted by Crippen LogP contribution is 2.22. The maximum atomic E-state index is 12.4. The molecule has 5 nitrogen and oxygen atoms in total. The van der Waals surface area contributed by atoms with Gasteiger partial charge in [0.15, 0.2) is 11.8 Å². The summed E-state index contributed by atoms with van der Waals surface area (Å²) in [6.45, 7) is 0.553. The summed E-state index contributed by atoms with van der Waals surface area (Å²) < 4.78 is 6.30. The van der Waals surface area contributed by atoms with Gasteiger partial charge in [0, 0.05) is 3.57 Å². The Bertz CT molecular complexity index is 652. The highest BCUT2D eigenvalue weighted by atomic mass is 127. The number of furan rings is 1. The third-order valence-corrected chi connectivity index (χ3v) is 4.17. The molecule has 2 aromatic rings. The van der Waals surface area contributed by atoms with Crippen molar-refractivity contribution in [1.29, 1.82) is 0 Å². The molecule has 1 aromatic heterocycles. The first-order valence-electron chi connectivity index (χ1n) is 6.63. The molecule has 0 spiro atoms. The van der Waals surface area contributed by atoms with Gasteiger partial charge in [0.1, 0.15) is 6.54 Å². The molecule has 108 valence electrons. The zero-order valence-electron chi connectivity index (χ0n) is 11.2. The third kappa shape index (κ3) is 3.01. The summed E-state index contributed by atoms with van der Waals surface area (Å²) in [4.78, 5) is 25.8. The quantitative estimate of drug-likeness (QED) is 0.625. The molecule has 1 atom stereocenters. The van der Waals surface area contributed by atoms with Gasteiger partial charge in [-0.25, -0.2) is 4.90 Å². The van der Waals surface area contributed by atoms with Crippen LogP contribution in [0.3, 0.4) is 0 Å². The van der Waals surface area contributed by atoms with E-state index in [2.05, 4.69) is 22.6 Å². The number of hydrogen-bond donors (Lipinski definition) is 1. The Hall–Kier alpha value is -1.67. The lowest BCUT2D eigenvalue weighted by atomic mass is 10.2. The van der Waals surface area contributed by atoms with E-state index in [1.807, 2.05) is 29.6 Å². The minimum Gasteiger partial charge on any atom is -0.463 e. The van der Waals surface area contributed by atoms with Crippen molar-refractivity contribution in [3.8, 4) is 0 Å². The van der Waals surface area contributed by atoms with E-state index in [4.69, 9.17) is 4.42 Å². The van der Waals surface area contributed by atoms with Gasteiger partial charge in [-0.2, -0.15) is 0 Å². The normalized spacial score (nSPS) is 18.5. The van der Waals surface area contributed by atoms with Gasteiger partial charge in [-0.3, -0.25) is 9.59 Å². The Morgan fingerprint density at radius 1 is 1.24 bits per heavy atom. The molecule has 6 heteroatoms. The van der Waals surface area contributed by atoms with Gasteiger partial charge < -0.3 is 9.73 Å². The molecule has 0 saturated carbocycles. The van der Waals surface area contributed by atoms with E-state index in [-0.39, 0.29) is 24.3 Å². The summed E-state index contributed by atoms with van der Waals surface area (Å²) >= 11 is 2.19. The number of imide groups is 1. The first-order valence-corrected chi connectivity index (χ1v) is 7.71. The van der Waals surface area contributed by atoms with Crippen molar-refractivity contribution < 1.29 is 19.3 Å². The van der Waals surface area contributed by atoms with E-state index in [1.54, 1.807) is 18.4 Å². The molecule has 2 amide bonds. The average molecular weight is 397 g/mol. The molecule has 1 aliphatic heterocycles. The van der Waals surface area contributed by atoms with Crippen molar-refractivity contribution in [1.82, 2.24) is 0 Å². The number of quaternary nitrogens is 1. The lowest BCUT2D eigenvalue weighted by Crippen LogP contribution is -2.90. The van der Waals surface area contributed by atoms with Gasteiger partial charge in [0.25, 0.3) is 5.91 Å². The van der Waals surface area contributed by atoms with Crippen LogP contribution in [0.1, 0.15) is 12.2 Å². The monoisotopic (exact) mass is 397 g/mol. The van der Waals surface area contributed by atoms with E-state index in [1.165, 1.54) is 4.90 Å². The van der Waals surface area contributed by atoms with Gasteiger partial charge in [-0.1, -0.05) is 0 Å². The number of rotatable bonds is 4. The number of carbonyl (C=O) groups excluding carboxylic acids is 2. The SMILES string of the molecule is O=C1CC([NH2+]Cc2ccco2)C(=O)N1c1ccc(I)cc1. The molecule has 0 radical (unpaired) electrons. The van der Waals surface area contributed by atoms with Crippen LogP contribution in [-0.2, 0) is 16.1 Å². The summed E-state index contributed by atoms with van der Waals surface area (Å²) in [5.74, 6) is 0.484. The molecule has 2 N–H and O–H groups in total.